The third-order valence-electron chi connectivity index (χ3n) is 3.82. The molecule has 1 aliphatic rings. The molecule has 0 saturated heterocycles. The van der Waals surface area contributed by atoms with Crippen LogP contribution < -0.4 is 5.56 Å². The fraction of sp³-hybridized carbons (Fsp3) is 0.200. The van der Waals surface area contributed by atoms with Crippen LogP contribution in [0.5, 0.6) is 11.5 Å². The number of aromatic nitrogens is 2. The van der Waals surface area contributed by atoms with Gasteiger partial charge in [-0.15, -0.1) is 11.3 Å². The summed E-state index contributed by atoms with van der Waals surface area (Å²) in [6.45, 7) is 0. The number of nitrogens with zero attached hydrogens (tertiary/aromatic N) is 1. The molecule has 0 bridgehead atoms. The Balaban J connectivity index is 1.95. The first kappa shape index (κ1) is 12.4. The predicted molar refractivity (Wildman–Crippen MR) is 81.0 cm³/mol. The van der Waals surface area contributed by atoms with Gasteiger partial charge in [0.1, 0.15) is 10.7 Å². The largest absolute Gasteiger partial charge is 0.504 e. The van der Waals surface area contributed by atoms with Crippen molar-refractivity contribution < 1.29 is 10.2 Å². The first-order valence-corrected chi connectivity index (χ1v) is 7.52. The van der Waals surface area contributed by atoms with Crippen molar-refractivity contribution in [1.29, 1.82) is 0 Å². The van der Waals surface area contributed by atoms with E-state index in [1.165, 1.54) is 17.0 Å². The summed E-state index contributed by atoms with van der Waals surface area (Å²) in [4.78, 5) is 21.6. The Bertz CT molecular complexity index is 927. The molecule has 1 aromatic carbocycles. The Labute approximate surface area is 123 Å². The van der Waals surface area contributed by atoms with Crippen molar-refractivity contribution >= 4 is 21.6 Å². The Morgan fingerprint density at radius 1 is 1.19 bits per heavy atom. The molecule has 0 amide bonds. The minimum absolute atomic E-state index is 0.137. The number of fused-ring (bicyclic) bond motifs is 3. The monoisotopic (exact) mass is 300 g/mol. The number of phenols is 2. The Morgan fingerprint density at radius 3 is 2.86 bits per heavy atom. The lowest BCUT2D eigenvalue weighted by molar-refractivity contribution is 0.404. The molecule has 2 aromatic heterocycles. The van der Waals surface area contributed by atoms with E-state index in [0.29, 0.717) is 16.8 Å². The molecule has 5 nitrogen and oxygen atoms in total. The number of hydrogen-bond acceptors (Lipinski definition) is 5. The zero-order chi connectivity index (χ0) is 14.6. The number of phenolic OH excluding ortho intramolecular Hbond substituents is 2. The fourth-order valence-electron chi connectivity index (χ4n) is 2.81. The van der Waals surface area contributed by atoms with Crippen LogP contribution >= 0.6 is 11.3 Å². The van der Waals surface area contributed by atoms with Crippen LogP contribution in [0.3, 0.4) is 0 Å². The first-order valence-electron chi connectivity index (χ1n) is 6.70. The van der Waals surface area contributed by atoms with Gasteiger partial charge in [0.25, 0.3) is 5.56 Å². The molecular weight excluding hydrogens is 288 g/mol. The van der Waals surface area contributed by atoms with E-state index in [1.54, 1.807) is 17.4 Å². The second-order valence-electron chi connectivity index (χ2n) is 5.16. The average molecular weight is 300 g/mol. The standard InChI is InChI=1S/C15H12N2O3S/c18-9-5-4-7(6-10(9)19)13-16-14(20)12-8-2-1-3-11(8)21-15(12)17-13/h4-6,18-19H,1-3H2,(H,16,17,20). The van der Waals surface area contributed by atoms with Crippen LogP contribution in [-0.2, 0) is 12.8 Å². The number of thiophene rings is 1. The van der Waals surface area contributed by atoms with E-state index >= 15 is 0 Å². The van der Waals surface area contributed by atoms with Crippen LogP contribution in [0.1, 0.15) is 16.9 Å². The number of H-pyrrole nitrogens is 1. The molecule has 4 rings (SSSR count). The van der Waals surface area contributed by atoms with Gasteiger partial charge in [0.15, 0.2) is 11.5 Å². The molecule has 106 valence electrons. The smallest absolute Gasteiger partial charge is 0.260 e. The molecule has 0 saturated carbocycles. The second-order valence-corrected chi connectivity index (χ2v) is 6.24. The topological polar surface area (TPSA) is 86.2 Å². The van der Waals surface area contributed by atoms with Crippen molar-refractivity contribution in [3.05, 3.63) is 39.0 Å². The van der Waals surface area contributed by atoms with E-state index in [0.717, 1.165) is 29.7 Å². The quantitative estimate of drug-likeness (QED) is 0.603. The summed E-state index contributed by atoms with van der Waals surface area (Å²) in [5.74, 6) is -0.0241. The Morgan fingerprint density at radius 2 is 2.05 bits per heavy atom. The minimum atomic E-state index is -0.232. The summed E-state index contributed by atoms with van der Waals surface area (Å²) in [6.07, 6.45) is 3.06. The number of aromatic hydroxyl groups is 2. The highest BCUT2D eigenvalue weighted by Gasteiger charge is 2.21. The second kappa shape index (κ2) is 4.33. The van der Waals surface area contributed by atoms with Crippen molar-refractivity contribution in [3.8, 4) is 22.9 Å². The Hall–Kier alpha value is -2.34. The molecule has 1 aliphatic carbocycles. The van der Waals surface area contributed by atoms with E-state index < -0.39 is 0 Å². The lowest BCUT2D eigenvalue weighted by Gasteiger charge is -2.03. The highest BCUT2D eigenvalue weighted by molar-refractivity contribution is 7.18. The normalized spacial score (nSPS) is 13.7. The maximum absolute atomic E-state index is 12.3. The summed E-state index contributed by atoms with van der Waals surface area (Å²) in [5.41, 5.74) is 1.57. The molecule has 2 heterocycles. The summed E-state index contributed by atoms with van der Waals surface area (Å²) in [5, 5.41) is 19.6. The number of rotatable bonds is 1. The average Bonchev–Trinajstić information content (AvgIpc) is 3.01. The van der Waals surface area contributed by atoms with Crippen molar-refractivity contribution in [3.63, 3.8) is 0 Å². The van der Waals surface area contributed by atoms with Crippen LogP contribution in [0.4, 0.5) is 0 Å². The van der Waals surface area contributed by atoms with Gasteiger partial charge in [-0.05, 0) is 43.0 Å². The number of aromatic amines is 1. The van der Waals surface area contributed by atoms with Crippen LogP contribution in [0.15, 0.2) is 23.0 Å². The third-order valence-corrected chi connectivity index (χ3v) is 5.01. The summed E-state index contributed by atoms with van der Waals surface area (Å²) < 4.78 is 0. The maximum atomic E-state index is 12.3. The van der Waals surface area contributed by atoms with E-state index in [-0.39, 0.29) is 17.1 Å². The van der Waals surface area contributed by atoms with E-state index in [4.69, 9.17) is 0 Å². The zero-order valence-corrected chi connectivity index (χ0v) is 11.8. The number of hydrogen-bond donors (Lipinski definition) is 3. The fourth-order valence-corrected chi connectivity index (χ4v) is 4.07. The molecule has 3 N–H and O–H groups in total. The lowest BCUT2D eigenvalue weighted by atomic mass is 10.1. The molecule has 0 unspecified atom stereocenters. The number of aryl methyl sites for hydroxylation is 2. The van der Waals surface area contributed by atoms with Gasteiger partial charge in [-0.3, -0.25) is 4.79 Å². The van der Waals surface area contributed by atoms with E-state index in [9.17, 15) is 15.0 Å². The van der Waals surface area contributed by atoms with Gasteiger partial charge in [0.2, 0.25) is 0 Å². The molecular formula is C15H12N2O3S. The maximum Gasteiger partial charge on any atom is 0.260 e. The van der Waals surface area contributed by atoms with Gasteiger partial charge in [-0.1, -0.05) is 0 Å². The highest BCUT2D eigenvalue weighted by Crippen LogP contribution is 2.35. The predicted octanol–water partition coefficient (Wildman–Crippen LogP) is 2.55. The lowest BCUT2D eigenvalue weighted by Crippen LogP contribution is -2.09. The van der Waals surface area contributed by atoms with Crippen molar-refractivity contribution in [2.45, 2.75) is 19.3 Å². The Kier molecular flexibility index (Phi) is 2.56. The molecule has 0 aliphatic heterocycles. The summed E-state index contributed by atoms with van der Waals surface area (Å²) in [6, 6.07) is 4.38. The molecule has 0 atom stereocenters. The molecule has 0 spiro atoms. The van der Waals surface area contributed by atoms with E-state index in [2.05, 4.69) is 9.97 Å². The van der Waals surface area contributed by atoms with Gasteiger partial charge in [0.05, 0.1) is 5.39 Å². The highest BCUT2D eigenvalue weighted by atomic mass is 32.1. The van der Waals surface area contributed by atoms with E-state index in [1.807, 2.05) is 0 Å². The van der Waals surface area contributed by atoms with Crippen LogP contribution in [-0.4, -0.2) is 20.2 Å². The minimum Gasteiger partial charge on any atom is -0.504 e. The number of nitrogens with one attached hydrogen (secondary N) is 1. The molecule has 21 heavy (non-hydrogen) atoms. The summed E-state index contributed by atoms with van der Waals surface area (Å²) in [7, 11) is 0. The van der Waals surface area contributed by atoms with Gasteiger partial charge >= 0.3 is 0 Å². The zero-order valence-electron chi connectivity index (χ0n) is 11.0. The van der Waals surface area contributed by atoms with Crippen LogP contribution in [0, 0.1) is 0 Å². The van der Waals surface area contributed by atoms with Gasteiger partial charge in [0, 0.05) is 10.4 Å². The van der Waals surface area contributed by atoms with Crippen LogP contribution in [0.25, 0.3) is 21.6 Å². The SMILES string of the molecule is O=c1[nH]c(-c2ccc(O)c(O)c2)nc2sc3c(c12)CCC3. The molecule has 0 radical (unpaired) electrons. The van der Waals surface area contributed by atoms with Gasteiger partial charge in [-0.2, -0.15) is 0 Å². The van der Waals surface area contributed by atoms with Gasteiger partial charge < -0.3 is 15.2 Å². The first-order chi connectivity index (χ1) is 10.1. The summed E-state index contributed by atoms with van der Waals surface area (Å²) >= 11 is 1.57. The number of benzene rings is 1. The molecule has 0 fully saturated rings. The molecule has 3 aromatic rings. The van der Waals surface area contributed by atoms with Crippen molar-refractivity contribution in [1.82, 2.24) is 9.97 Å². The third kappa shape index (κ3) is 1.83. The molecule has 6 heteroatoms. The van der Waals surface area contributed by atoms with Crippen molar-refractivity contribution in [2.75, 3.05) is 0 Å². The van der Waals surface area contributed by atoms with Crippen molar-refractivity contribution in [2.24, 2.45) is 0 Å². The van der Waals surface area contributed by atoms with Gasteiger partial charge in [-0.25, -0.2) is 4.98 Å². The van der Waals surface area contributed by atoms with Crippen LogP contribution in [0.2, 0.25) is 0 Å².